The first-order chi connectivity index (χ1) is 8.78. The molecule has 5 nitrogen and oxygen atoms in total. The Balaban J connectivity index is 1.91. The van der Waals surface area contributed by atoms with Gasteiger partial charge in [-0.2, -0.15) is 4.98 Å². The summed E-state index contributed by atoms with van der Waals surface area (Å²) in [7, 11) is 1.65. The van der Waals surface area contributed by atoms with Crippen molar-refractivity contribution in [3.63, 3.8) is 0 Å². The average molecular weight is 312 g/mol. The van der Waals surface area contributed by atoms with Crippen LogP contribution >= 0.6 is 15.9 Å². The highest BCUT2D eigenvalue weighted by Gasteiger charge is 2.06. The first-order valence-corrected chi connectivity index (χ1v) is 6.37. The Labute approximate surface area is 114 Å². The molecule has 0 aliphatic heterocycles. The summed E-state index contributed by atoms with van der Waals surface area (Å²) in [5.41, 5.74) is 1.14. The van der Waals surface area contributed by atoms with Crippen molar-refractivity contribution < 1.29 is 9.26 Å². The Kier molecular flexibility index (Phi) is 4.72. The van der Waals surface area contributed by atoms with Crippen molar-refractivity contribution >= 4 is 21.9 Å². The second-order valence-electron chi connectivity index (χ2n) is 3.74. The third-order valence-electron chi connectivity index (χ3n) is 2.33. The number of hydrogen-bond acceptors (Lipinski definition) is 5. The fourth-order valence-electron chi connectivity index (χ4n) is 1.44. The molecule has 0 saturated carbocycles. The molecule has 0 bridgehead atoms. The molecule has 6 heteroatoms. The van der Waals surface area contributed by atoms with Crippen LogP contribution in [0, 0.1) is 0 Å². The van der Waals surface area contributed by atoms with Gasteiger partial charge in [0.2, 0.25) is 0 Å². The van der Waals surface area contributed by atoms with Gasteiger partial charge in [-0.3, -0.25) is 0 Å². The summed E-state index contributed by atoms with van der Waals surface area (Å²) in [4.78, 5) is 4.24. The van der Waals surface area contributed by atoms with Crippen molar-refractivity contribution in [3.05, 3.63) is 40.1 Å². The maximum atomic E-state index is 5.07. The molecule has 0 radical (unpaired) electrons. The van der Waals surface area contributed by atoms with Gasteiger partial charge in [-0.1, -0.05) is 33.2 Å². The molecule has 0 saturated heterocycles. The van der Waals surface area contributed by atoms with Gasteiger partial charge in [-0.05, 0) is 17.7 Å². The van der Waals surface area contributed by atoms with Crippen LogP contribution < -0.4 is 5.32 Å². The Morgan fingerprint density at radius 2 is 2.11 bits per heavy atom. The Morgan fingerprint density at radius 1 is 1.33 bits per heavy atom. The lowest BCUT2D eigenvalue weighted by Gasteiger charge is -1.98. The van der Waals surface area contributed by atoms with Gasteiger partial charge < -0.3 is 14.6 Å². The van der Waals surface area contributed by atoms with E-state index in [1.807, 2.05) is 24.3 Å². The Morgan fingerprint density at radius 3 is 2.83 bits per heavy atom. The lowest BCUT2D eigenvalue weighted by atomic mass is 10.1. The quantitative estimate of drug-likeness (QED) is 0.830. The van der Waals surface area contributed by atoms with E-state index < -0.39 is 0 Å². The van der Waals surface area contributed by atoms with Crippen molar-refractivity contribution in [2.24, 2.45) is 0 Å². The summed E-state index contributed by atoms with van der Waals surface area (Å²) in [6, 6.07) is 8.47. The smallest absolute Gasteiger partial charge is 0.321 e. The number of benzene rings is 1. The lowest BCUT2D eigenvalue weighted by molar-refractivity contribution is 0.210. The van der Waals surface area contributed by atoms with E-state index in [0.717, 1.165) is 10.0 Å². The summed E-state index contributed by atoms with van der Waals surface area (Å²) in [5, 5.41) is 6.90. The number of anilines is 1. The van der Waals surface area contributed by atoms with Crippen LogP contribution in [-0.2, 0) is 11.2 Å². The van der Waals surface area contributed by atoms with Crippen LogP contribution in [0.2, 0.25) is 0 Å². The summed E-state index contributed by atoms with van der Waals surface area (Å²) >= 11 is 3.40. The molecule has 0 spiro atoms. The number of hydrogen-bond donors (Lipinski definition) is 1. The molecule has 1 N–H and O–H groups in total. The first kappa shape index (κ1) is 13.0. The van der Waals surface area contributed by atoms with Gasteiger partial charge in [-0.25, -0.2) is 0 Å². The highest BCUT2D eigenvalue weighted by Crippen LogP contribution is 2.13. The van der Waals surface area contributed by atoms with Gasteiger partial charge in [0.15, 0.2) is 5.82 Å². The van der Waals surface area contributed by atoms with E-state index in [0.29, 0.717) is 31.4 Å². The standard InChI is InChI=1S/C12H14BrN3O2/c1-17-7-6-14-12-15-11(16-18-12)8-9-2-4-10(13)5-3-9/h2-5H,6-8H2,1H3,(H,14,15,16). The lowest BCUT2D eigenvalue weighted by Crippen LogP contribution is -2.07. The predicted molar refractivity (Wildman–Crippen MR) is 71.6 cm³/mol. The van der Waals surface area contributed by atoms with E-state index in [-0.39, 0.29) is 0 Å². The van der Waals surface area contributed by atoms with Crippen molar-refractivity contribution in [1.29, 1.82) is 0 Å². The van der Waals surface area contributed by atoms with E-state index in [2.05, 4.69) is 31.4 Å². The zero-order chi connectivity index (χ0) is 12.8. The molecule has 0 aliphatic rings. The van der Waals surface area contributed by atoms with Crippen LogP contribution in [0.25, 0.3) is 0 Å². The molecule has 0 amide bonds. The van der Waals surface area contributed by atoms with Crippen LogP contribution in [0.15, 0.2) is 33.3 Å². The fraction of sp³-hybridized carbons (Fsp3) is 0.333. The van der Waals surface area contributed by atoms with Gasteiger partial charge in [0.05, 0.1) is 6.61 Å². The normalized spacial score (nSPS) is 10.6. The summed E-state index contributed by atoms with van der Waals surface area (Å²) in [6.07, 6.45) is 0.655. The van der Waals surface area contributed by atoms with Crippen LogP contribution in [0.1, 0.15) is 11.4 Å². The largest absolute Gasteiger partial charge is 0.383 e. The molecule has 18 heavy (non-hydrogen) atoms. The summed E-state index contributed by atoms with van der Waals surface area (Å²) < 4.78 is 11.0. The molecular formula is C12H14BrN3O2. The van der Waals surface area contributed by atoms with Gasteiger partial charge in [-0.15, -0.1) is 0 Å². The Bertz CT molecular complexity index is 484. The number of ether oxygens (including phenoxy) is 1. The third-order valence-corrected chi connectivity index (χ3v) is 2.85. The SMILES string of the molecule is COCCNc1nc(Cc2ccc(Br)cc2)no1. The molecular weight excluding hydrogens is 298 g/mol. The number of nitrogens with one attached hydrogen (secondary N) is 1. The highest BCUT2D eigenvalue weighted by atomic mass is 79.9. The second-order valence-corrected chi connectivity index (χ2v) is 4.65. The number of nitrogens with zero attached hydrogens (tertiary/aromatic N) is 2. The molecule has 0 unspecified atom stereocenters. The average Bonchev–Trinajstić information content (AvgIpc) is 2.80. The van der Waals surface area contributed by atoms with E-state index in [9.17, 15) is 0 Å². The number of halogens is 1. The molecule has 0 aliphatic carbocycles. The second kappa shape index (κ2) is 6.51. The Hall–Kier alpha value is -1.40. The first-order valence-electron chi connectivity index (χ1n) is 5.58. The molecule has 96 valence electrons. The van der Waals surface area contributed by atoms with E-state index >= 15 is 0 Å². The van der Waals surface area contributed by atoms with Gasteiger partial charge in [0.25, 0.3) is 0 Å². The van der Waals surface area contributed by atoms with E-state index in [1.165, 1.54) is 0 Å². The zero-order valence-electron chi connectivity index (χ0n) is 10.0. The zero-order valence-corrected chi connectivity index (χ0v) is 11.6. The predicted octanol–water partition coefficient (Wildman–Crippen LogP) is 2.48. The van der Waals surface area contributed by atoms with Crippen LogP contribution in [0.4, 0.5) is 6.01 Å². The minimum atomic E-state index is 0.430. The maximum Gasteiger partial charge on any atom is 0.321 e. The minimum absolute atomic E-state index is 0.430. The number of rotatable bonds is 6. The molecule has 1 heterocycles. The molecule has 0 atom stereocenters. The molecule has 1 aromatic heterocycles. The van der Waals surface area contributed by atoms with Crippen molar-refractivity contribution in [3.8, 4) is 0 Å². The number of aromatic nitrogens is 2. The van der Waals surface area contributed by atoms with Crippen LogP contribution in [0.3, 0.4) is 0 Å². The van der Waals surface area contributed by atoms with E-state index in [4.69, 9.17) is 9.26 Å². The van der Waals surface area contributed by atoms with Gasteiger partial charge in [0, 0.05) is 24.5 Å². The van der Waals surface area contributed by atoms with Crippen molar-refractivity contribution in [1.82, 2.24) is 10.1 Å². The third kappa shape index (κ3) is 3.82. The summed E-state index contributed by atoms with van der Waals surface area (Å²) in [6.45, 7) is 1.25. The minimum Gasteiger partial charge on any atom is -0.383 e. The molecule has 2 rings (SSSR count). The topological polar surface area (TPSA) is 60.2 Å². The van der Waals surface area contributed by atoms with Crippen molar-refractivity contribution in [2.75, 3.05) is 25.6 Å². The van der Waals surface area contributed by atoms with E-state index in [1.54, 1.807) is 7.11 Å². The maximum absolute atomic E-state index is 5.07. The molecule has 0 fully saturated rings. The number of methoxy groups -OCH3 is 1. The fourth-order valence-corrected chi connectivity index (χ4v) is 1.71. The van der Waals surface area contributed by atoms with Gasteiger partial charge >= 0.3 is 6.01 Å². The monoisotopic (exact) mass is 311 g/mol. The highest BCUT2D eigenvalue weighted by molar-refractivity contribution is 9.10. The van der Waals surface area contributed by atoms with Crippen molar-refractivity contribution in [2.45, 2.75) is 6.42 Å². The van der Waals surface area contributed by atoms with Crippen LogP contribution in [-0.4, -0.2) is 30.4 Å². The van der Waals surface area contributed by atoms with Gasteiger partial charge in [0.1, 0.15) is 0 Å². The van der Waals surface area contributed by atoms with Crippen LogP contribution in [0.5, 0.6) is 0 Å². The summed E-state index contributed by atoms with van der Waals surface area (Å²) in [5.74, 6) is 0.664. The molecule has 1 aromatic carbocycles. The molecule has 2 aromatic rings.